The van der Waals surface area contributed by atoms with E-state index in [1.165, 1.54) is 18.4 Å². The maximum atomic E-state index is 5.94. The van der Waals surface area contributed by atoms with Crippen LogP contribution in [-0.2, 0) is 0 Å². The third-order valence-electron chi connectivity index (χ3n) is 3.69. The minimum atomic E-state index is 0.367. The first-order valence-corrected chi connectivity index (χ1v) is 8.11. The largest absolute Gasteiger partial charge is 0.328 e. The number of halogens is 2. The summed E-state index contributed by atoms with van der Waals surface area (Å²) >= 11 is 7.12. The van der Waals surface area contributed by atoms with Crippen LogP contribution in [0.1, 0.15) is 44.2 Å². The maximum Gasteiger partial charge on any atom is 0.0305 e. The van der Waals surface area contributed by atoms with Crippen LogP contribution in [0.15, 0.2) is 27.1 Å². The van der Waals surface area contributed by atoms with E-state index in [9.17, 15) is 0 Å². The van der Waals surface area contributed by atoms with Crippen molar-refractivity contribution in [3.05, 3.63) is 32.7 Å². The van der Waals surface area contributed by atoms with Gasteiger partial charge in [0.15, 0.2) is 0 Å². The van der Waals surface area contributed by atoms with Crippen molar-refractivity contribution in [3.8, 4) is 0 Å². The number of hydrogen-bond donors (Lipinski definition) is 2. The third-order valence-corrected chi connectivity index (χ3v) is 4.87. The van der Waals surface area contributed by atoms with E-state index in [1.54, 1.807) is 0 Å². The molecule has 2 rings (SSSR count). The smallest absolute Gasteiger partial charge is 0.0305 e. The highest BCUT2D eigenvalue weighted by Gasteiger charge is 2.20. The second-order valence-electron chi connectivity index (χ2n) is 5.17. The molecule has 0 aliphatic heterocycles. The molecule has 1 aromatic carbocycles. The molecule has 18 heavy (non-hydrogen) atoms. The molecule has 0 aromatic heterocycles. The lowest BCUT2D eigenvalue weighted by Crippen LogP contribution is -2.38. The standard InChI is InChI=1S/C14H20Br2N2/c1-9(13-7-2-10(15)8-14(13)16)18-12-5-3-11(17)4-6-12/h2,7-9,11-12,18H,3-6,17H2,1H3. The second-order valence-corrected chi connectivity index (χ2v) is 6.94. The molecule has 0 bridgehead atoms. The fourth-order valence-electron chi connectivity index (χ4n) is 2.58. The van der Waals surface area contributed by atoms with Gasteiger partial charge >= 0.3 is 0 Å². The predicted octanol–water partition coefficient (Wildman–Crippen LogP) is 4.13. The highest BCUT2D eigenvalue weighted by Crippen LogP contribution is 2.28. The Balaban J connectivity index is 1.97. The SMILES string of the molecule is CC(NC1CCC(N)CC1)c1ccc(Br)cc1Br. The highest BCUT2D eigenvalue weighted by molar-refractivity contribution is 9.11. The van der Waals surface area contributed by atoms with Crippen molar-refractivity contribution >= 4 is 31.9 Å². The molecule has 1 unspecified atom stereocenters. The zero-order valence-electron chi connectivity index (χ0n) is 10.6. The lowest BCUT2D eigenvalue weighted by molar-refractivity contribution is 0.322. The van der Waals surface area contributed by atoms with E-state index in [2.05, 4.69) is 62.3 Å². The molecule has 1 saturated carbocycles. The zero-order chi connectivity index (χ0) is 13.1. The van der Waals surface area contributed by atoms with E-state index in [0.717, 1.165) is 21.8 Å². The summed E-state index contributed by atoms with van der Waals surface area (Å²) in [7, 11) is 0. The molecule has 0 amide bonds. The second kappa shape index (κ2) is 6.51. The van der Waals surface area contributed by atoms with Gasteiger partial charge in [-0.1, -0.05) is 37.9 Å². The van der Waals surface area contributed by atoms with E-state index >= 15 is 0 Å². The van der Waals surface area contributed by atoms with Crippen LogP contribution in [-0.4, -0.2) is 12.1 Å². The van der Waals surface area contributed by atoms with Gasteiger partial charge in [-0.15, -0.1) is 0 Å². The predicted molar refractivity (Wildman–Crippen MR) is 83.6 cm³/mol. The van der Waals surface area contributed by atoms with E-state index < -0.39 is 0 Å². The van der Waals surface area contributed by atoms with Gasteiger partial charge in [-0.2, -0.15) is 0 Å². The molecule has 4 heteroatoms. The lowest BCUT2D eigenvalue weighted by Gasteiger charge is -2.30. The molecule has 2 nitrogen and oxygen atoms in total. The number of benzene rings is 1. The summed E-state index contributed by atoms with van der Waals surface area (Å²) in [5.74, 6) is 0. The number of hydrogen-bond acceptors (Lipinski definition) is 2. The number of nitrogens with two attached hydrogens (primary N) is 1. The molecule has 1 aliphatic carbocycles. The Morgan fingerprint density at radius 2 is 1.89 bits per heavy atom. The summed E-state index contributed by atoms with van der Waals surface area (Å²) in [5.41, 5.74) is 7.25. The molecule has 0 saturated heterocycles. The van der Waals surface area contributed by atoms with Gasteiger partial charge in [0, 0.05) is 27.1 Å². The van der Waals surface area contributed by atoms with Crippen LogP contribution in [0.4, 0.5) is 0 Å². The van der Waals surface area contributed by atoms with Crippen molar-refractivity contribution in [1.29, 1.82) is 0 Å². The van der Waals surface area contributed by atoms with Gasteiger partial charge in [-0.3, -0.25) is 0 Å². The molecule has 0 heterocycles. The van der Waals surface area contributed by atoms with Crippen LogP contribution >= 0.6 is 31.9 Å². The fourth-order valence-corrected chi connectivity index (χ4v) is 3.97. The van der Waals surface area contributed by atoms with Crippen molar-refractivity contribution in [3.63, 3.8) is 0 Å². The fraction of sp³-hybridized carbons (Fsp3) is 0.571. The Morgan fingerprint density at radius 1 is 1.22 bits per heavy atom. The first kappa shape index (κ1) is 14.5. The van der Waals surface area contributed by atoms with Crippen molar-refractivity contribution in [2.24, 2.45) is 5.73 Å². The van der Waals surface area contributed by atoms with Crippen molar-refractivity contribution in [2.45, 2.75) is 50.7 Å². The normalized spacial score (nSPS) is 26.0. The summed E-state index contributed by atoms with van der Waals surface area (Å²) < 4.78 is 2.26. The van der Waals surface area contributed by atoms with Crippen molar-refractivity contribution in [2.75, 3.05) is 0 Å². The molecule has 100 valence electrons. The average Bonchev–Trinajstić information content (AvgIpc) is 2.32. The van der Waals surface area contributed by atoms with Crippen LogP contribution < -0.4 is 11.1 Å². The number of nitrogens with one attached hydrogen (secondary N) is 1. The van der Waals surface area contributed by atoms with Crippen LogP contribution in [0.5, 0.6) is 0 Å². The Hall–Kier alpha value is 0.1000. The minimum absolute atomic E-state index is 0.367. The summed E-state index contributed by atoms with van der Waals surface area (Å²) in [6.07, 6.45) is 4.68. The van der Waals surface area contributed by atoms with Crippen LogP contribution in [0.2, 0.25) is 0 Å². The van der Waals surface area contributed by atoms with Crippen LogP contribution in [0.25, 0.3) is 0 Å². The van der Waals surface area contributed by atoms with Crippen LogP contribution in [0.3, 0.4) is 0 Å². The van der Waals surface area contributed by atoms with Gasteiger partial charge in [-0.25, -0.2) is 0 Å². The van der Waals surface area contributed by atoms with E-state index in [-0.39, 0.29) is 0 Å². The quantitative estimate of drug-likeness (QED) is 0.833. The number of rotatable bonds is 3. The monoisotopic (exact) mass is 374 g/mol. The first-order chi connectivity index (χ1) is 8.56. The molecule has 3 N–H and O–H groups in total. The molecule has 1 aromatic rings. The molecule has 1 aliphatic rings. The highest BCUT2D eigenvalue weighted by atomic mass is 79.9. The minimum Gasteiger partial charge on any atom is -0.328 e. The Morgan fingerprint density at radius 3 is 2.50 bits per heavy atom. The van der Waals surface area contributed by atoms with Gasteiger partial charge < -0.3 is 11.1 Å². The first-order valence-electron chi connectivity index (χ1n) is 6.53. The van der Waals surface area contributed by atoms with E-state index in [0.29, 0.717) is 18.1 Å². The van der Waals surface area contributed by atoms with Gasteiger partial charge in [0.25, 0.3) is 0 Å². The maximum absolute atomic E-state index is 5.94. The Bertz CT molecular complexity index is 401. The molecule has 0 spiro atoms. The van der Waals surface area contributed by atoms with Gasteiger partial charge in [0.05, 0.1) is 0 Å². The van der Waals surface area contributed by atoms with Crippen molar-refractivity contribution in [1.82, 2.24) is 5.32 Å². The van der Waals surface area contributed by atoms with E-state index in [4.69, 9.17) is 5.73 Å². The third kappa shape index (κ3) is 3.80. The summed E-state index contributed by atoms with van der Waals surface area (Å²) in [4.78, 5) is 0. The summed E-state index contributed by atoms with van der Waals surface area (Å²) in [5, 5.41) is 3.72. The van der Waals surface area contributed by atoms with Gasteiger partial charge in [0.2, 0.25) is 0 Å². The Labute approximate surface area is 126 Å². The van der Waals surface area contributed by atoms with Crippen molar-refractivity contribution < 1.29 is 0 Å². The topological polar surface area (TPSA) is 38.0 Å². The average molecular weight is 376 g/mol. The van der Waals surface area contributed by atoms with E-state index in [1.807, 2.05) is 0 Å². The molecular weight excluding hydrogens is 356 g/mol. The molecule has 1 fully saturated rings. The van der Waals surface area contributed by atoms with Crippen LogP contribution in [0, 0.1) is 0 Å². The zero-order valence-corrected chi connectivity index (χ0v) is 13.8. The summed E-state index contributed by atoms with van der Waals surface area (Å²) in [6, 6.07) is 7.75. The molecular formula is C14H20Br2N2. The summed E-state index contributed by atoms with van der Waals surface area (Å²) in [6.45, 7) is 2.22. The van der Waals surface area contributed by atoms with Gasteiger partial charge in [0.1, 0.15) is 0 Å². The van der Waals surface area contributed by atoms with Gasteiger partial charge in [-0.05, 0) is 50.3 Å². The molecule has 1 atom stereocenters. The lowest BCUT2D eigenvalue weighted by atomic mass is 9.91. The Kier molecular flexibility index (Phi) is 5.24. The molecule has 0 radical (unpaired) electrons.